The van der Waals surface area contributed by atoms with Crippen LogP contribution in [0.4, 0.5) is 5.69 Å². The van der Waals surface area contributed by atoms with Gasteiger partial charge in [0.15, 0.2) is 0 Å². The van der Waals surface area contributed by atoms with E-state index < -0.39 is 6.04 Å². The lowest BCUT2D eigenvalue weighted by atomic mass is 9.90. The fourth-order valence-corrected chi connectivity index (χ4v) is 7.31. The molecule has 0 spiro atoms. The summed E-state index contributed by atoms with van der Waals surface area (Å²) in [6, 6.07) is 60.0. The second-order valence-electron chi connectivity index (χ2n) is 12.7. The van der Waals surface area contributed by atoms with Gasteiger partial charge in [-0.1, -0.05) is 127 Å². The van der Waals surface area contributed by atoms with Crippen LogP contribution in [0.2, 0.25) is 0 Å². The fraction of sp³-hybridized carbons (Fsp3) is 0.0217. The highest BCUT2D eigenvalue weighted by atomic mass is 15.0. The average molecular weight is 652 g/mol. The molecule has 5 heteroatoms. The molecule has 1 atom stereocenters. The Bertz CT molecular complexity index is 2630. The second-order valence-corrected chi connectivity index (χ2v) is 12.7. The molecule has 0 aliphatic carbocycles. The number of hydrogen-bond acceptors (Lipinski definition) is 4. The van der Waals surface area contributed by atoms with Crippen LogP contribution in [0.15, 0.2) is 169 Å². The van der Waals surface area contributed by atoms with Crippen molar-refractivity contribution in [3.05, 3.63) is 192 Å². The Morgan fingerprint density at radius 1 is 0.510 bits per heavy atom. The third kappa shape index (κ3) is 5.13. The summed E-state index contributed by atoms with van der Waals surface area (Å²) in [5, 5.41) is 26.6. The van der Waals surface area contributed by atoms with Crippen LogP contribution in [0.5, 0.6) is 0 Å². The third-order valence-corrected chi connectivity index (χ3v) is 9.74. The van der Waals surface area contributed by atoms with Crippen molar-refractivity contribution < 1.29 is 0 Å². The molecule has 0 saturated carbocycles. The Hall–Kier alpha value is -7.21. The number of amidine groups is 1. The van der Waals surface area contributed by atoms with Gasteiger partial charge < -0.3 is 9.88 Å². The van der Waals surface area contributed by atoms with Crippen LogP contribution in [0.3, 0.4) is 0 Å². The lowest BCUT2D eigenvalue weighted by Gasteiger charge is -2.27. The van der Waals surface area contributed by atoms with Crippen molar-refractivity contribution in [1.82, 2.24) is 4.57 Å². The van der Waals surface area contributed by atoms with Crippen LogP contribution in [0.1, 0.15) is 33.9 Å². The molecule has 1 N–H and O–H groups in total. The van der Waals surface area contributed by atoms with Crippen molar-refractivity contribution in [1.29, 1.82) is 10.5 Å². The van der Waals surface area contributed by atoms with Crippen LogP contribution < -0.4 is 5.32 Å². The first-order valence-corrected chi connectivity index (χ1v) is 16.9. The molecule has 1 unspecified atom stereocenters. The highest BCUT2D eigenvalue weighted by Gasteiger charge is 2.28. The summed E-state index contributed by atoms with van der Waals surface area (Å²) in [6.45, 7) is 0. The smallest absolute Gasteiger partial charge is 0.133 e. The molecule has 5 nitrogen and oxygen atoms in total. The van der Waals surface area contributed by atoms with Crippen LogP contribution in [0, 0.1) is 22.7 Å². The van der Waals surface area contributed by atoms with Crippen LogP contribution >= 0.6 is 0 Å². The molecule has 0 amide bonds. The summed E-state index contributed by atoms with van der Waals surface area (Å²) in [7, 11) is 0. The number of aromatic nitrogens is 1. The topological polar surface area (TPSA) is 76.9 Å². The van der Waals surface area contributed by atoms with Crippen molar-refractivity contribution in [2.45, 2.75) is 6.04 Å². The van der Waals surface area contributed by atoms with Gasteiger partial charge >= 0.3 is 0 Å². The Morgan fingerprint density at radius 2 is 1.08 bits per heavy atom. The number of hydrogen-bond donors (Lipinski definition) is 1. The van der Waals surface area contributed by atoms with Gasteiger partial charge in [0.05, 0.1) is 33.9 Å². The van der Waals surface area contributed by atoms with Crippen molar-refractivity contribution in [2.75, 3.05) is 5.32 Å². The minimum Gasteiger partial charge on any atom is -0.340 e. The second kappa shape index (κ2) is 12.3. The number of rotatable bonds is 5. The summed E-state index contributed by atoms with van der Waals surface area (Å²) < 4.78 is 2.22. The van der Waals surface area contributed by atoms with Gasteiger partial charge in [-0.2, -0.15) is 10.5 Å². The normalized spacial score (nSPS) is 13.5. The molecule has 0 fully saturated rings. The van der Waals surface area contributed by atoms with E-state index in [-0.39, 0.29) is 0 Å². The van der Waals surface area contributed by atoms with Crippen molar-refractivity contribution in [3.63, 3.8) is 0 Å². The van der Waals surface area contributed by atoms with Crippen LogP contribution in [-0.4, -0.2) is 10.4 Å². The SMILES string of the molecule is N#Cc1cc(C2N=C(c3ccccc3)Nc3cccc(C#N)c32)ccc1-n1c2cc(-c3ccccc3)ccc2c2ccc(-c3ccccc3)cc21. The molecule has 1 aliphatic rings. The van der Waals surface area contributed by atoms with Gasteiger partial charge in [-0.25, -0.2) is 0 Å². The molecule has 8 aromatic rings. The number of anilines is 1. The Morgan fingerprint density at radius 3 is 1.65 bits per heavy atom. The van der Waals surface area contributed by atoms with Gasteiger partial charge in [-0.3, -0.25) is 4.99 Å². The molecule has 1 aromatic heterocycles. The highest BCUT2D eigenvalue weighted by Crippen LogP contribution is 2.41. The molecular weight excluding hydrogens is 623 g/mol. The maximum absolute atomic E-state index is 10.8. The largest absolute Gasteiger partial charge is 0.340 e. The molecule has 238 valence electrons. The number of nitrogens with one attached hydrogen (secondary N) is 1. The van der Waals surface area contributed by atoms with Gasteiger partial charge in [0.2, 0.25) is 0 Å². The van der Waals surface area contributed by atoms with Gasteiger partial charge in [-0.05, 0) is 64.2 Å². The fourth-order valence-electron chi connectivity index (χ4n) is 7.31. The highest BCUT2D eigenvalue weighted by molar-refractivity contribution is 6.12. The van der Waals surface area contributed by atoms with Gasteiger partial charge in [0, 0.05) is 27.6 Å². The number of nitrogens with zero attached hydrogens (tertiary/aromatic N) is 4. The zero-order valence-corrected chi connectivity index (χ0v) is 27.5. The number of aliphatic imine (C=N–C) groups is 1. The average Bonchev–Trinajstić information content (AvgIpc) is 3.53. The summed E-state index contributed by atoms with van der Waals surface area (Å²) in [5.41, 5.74) is 11.8. The molecule has 2 heterocycles. The van der Waals surface area contributed by atoms with Crippen molar-refractivity contribution in [3.8, 4) is 40.1 Å². The maximum Gasteiger partial charge on any atom is 0.133 e. The quantitative estimate of drug-likeness (QED) is 0.201. The predicted octanol–water partition coefficient (Wildman–Crippen LogP) is 10.8. The third-order valence-electron chi connectivity index (χ3n) is 9.74. The van der Waals surface area contributed by atoms with E-state index in [2.05, 4.69) is 113 Å². The van der Waals surface area contributed by atoms with E-state index in [0.717, 1.165) is 78.0 Å². The van der Waals surface area contributed by atoms with Crippen LogP contribution in [-0.2, 0) is 0 Å². The first-order valence-electron chi connectivity index (χ1n) is 16.9. The molecule has 9 rings (SSSR count). The van der Waals surface area contributed by atoms with E-state index in [0.29, 0.717) is 11.1 Å². The van der Waals surface area contributed by atoms with E-state index in [9.17, 15) is 10.5 Å². The van der Waals surface area contributed by atoms with Crippen LogP contribution in [0.25, 0.3) is 49.7 Å². The number of nitriles is 2. The van der Waals surface area contributed by atoms with Crippen molar-refractivity contribution in [2.24, 2.45) is 4.99 Å². The lowest BCUT2D eigenvalue weighted by Crippen LogP contribution is -2.23. The first kappa shape index (κ1) is 29.9. The zero-order valence-electron chi connectivity index (χ0n) is 27.5. The van der Waals surface area contributed by atoms with E-state index in [4.69, 9.17) is 4.99 Å². The molecule has 0 radical (unpaired) electrons. The molecule has 51 heavy (non-hydrogen) atoms. The molecule has 1 aliphatic heterocycles. The number of benzene rings is 7. The predicted molar refractivity (Wildman–Crippen MR) is 206 cm³/mol. The summed E-state index contributed by atoms with van der Waals surface area (Å²) in [6.07, 6.45) is 0. The first-order chi connectivity index (χ1) is 25.2. The molecule has 0 bridgehead atoms. The molecule has 0 saturated heterocycles. The van der Waals surface area contributed by atoms with E-state index in [1.807, 2.05) is 72.8 Å². The Kier molecular flexibility index (Phi) is 7.24. The van der Waals surface area contributed by atoms with Gasteiger partial charge in [-0.15, -0.1) is 0 Å². The van der Waals surface area contributed by atoms with Gasteiger partial charge in [0.1, 0.15) is 17.9 Å². The Balaban J connectivity index is 1.27. The van der Waals surface area contributed by atoms with E-state index in [1.54, 1.807) is 0 Å². The minimum absolute atomic E-state index is 0.485. The standard InChI is InChI=1S/C46H29N5/c47-28-36-17-10-18-40-44(36)45(50-46(49-40)32-15-8-3-9-16-32)35-21-24-41(37(25-35)29-48)51-42-26-33(30-11-4-1-5-12-30)19-22-38(42)39-23-20-34(27-43(39)51)31-13-6-2-7-14-31/h1-27,45H,(H,49,50). The summed E-state index contributed by atoms with van der Waals surface area (Å²) in [4.78, 5) is 5.17. The lowest BCUT2D eigenvalue weighted by molar-refractivity contribution is 0.858. The monoisotopic (exact) mass is 651 g/mol. The van der Waals surface area contributed by atoms with E-state index >= 15 is 0 Å². The van der Waals surface area contributed by atoms with Crippen molar-refractivity contribution >= 4 is 33.3 Å². The zero-order chi connectivity index (χ0) is 34.3. The maximum atomic E-state index is 10.8. The minimum atomic E-state index is -0.485. The summed E-state index contributed by atoms with van der Waals surface area (Å²) in [5.74, 6) is 0.718. The van der Waals surface area contributed by atoms with E-state index in [1.165, 1.54) is 0 Å². The Labute approximate surface area is 295 Å². The van der Waals surface area contributed by atoms with Gasteiger partial charge in [0.25, 0.3) is 0 Å². The number of fused-ring (bicyclic) bond motifs is 4. The summed E-state index contributed by atoms with van der Waals surface area (Å²) >= 11 is 0. The molecular formula is C46H29N5. The molecule has 7 aromatic carbocycles.